The molecule has 0 bridgehead atoms. The Morgan fingerprint density at radius 2 is 1.17 bits per heavy atom. The molecule has 2 aromatic carbocycles. The van der Waals surface area contributed by atoms with Gasteiger partial charge in [0.2, 0.25) is 0 Å². The van der Waals surface area contributed by atoms with Crippen molar-refractivity contribution in [3.8, 4) is 0 Å². The van der Waals surface area contributed by atoms with Gasteiger partial charge in [0.25, 0.3) is 0 Å². The smallest absolute Gasteiger partial charge is 0.0436 e. The molecule has 0 aliphatic heterocycles. The second kappa shape index (κ2) is 14.4. The number of halogens is 1. The molecule has 2 unspecified atom stereocenters. The van der Waals surface area contributed by atoms with Gasteiger partial charge in [0.15, 0.2) is 0 Å². The van der Waals surface area contributed by atoms with Crippen LogP contribution in [0.25, 0.3) is 0 Å². The van der Waals surface area contributed by atoms with Gasteiger partial charge in [0, 0.05) is 37.4 Å². The summed E-state index contributed by atoms with van der Waals surface area (Å²) in [6.07, 6.45) is 13.3. The summed E-state index contributed by atoms with van der Waals surface area (Å²) < 4.78 is 0. The molecule has 0 heterocycles. The number of aliphatic hydroxyl groups is 4. The van der Waals surface area contributed by atoms with Crippen LogP contribution in [0, 0.1) is 11.8 Å². The number of aliphatic hydroxyl groups excluding tert-OH is 4. The summed E-state index contributed by atoms with van der Waals surface area (Å²) in [6, 6.07) is 16.4. The van der Waals surface area contributed by atoms with Crippen LogP contribution in [0.2, 0.25) is 5.02 Å². The maximum absolute atomic E-state index is 9.47. The number of benzene rings is 2. The van der Waals surface area contributed by atoms with Gasteiger partial charge in [0.05, 0.1) is 0 Å². The van der Waals surface area contributed by atoms with E-state index in [0.717, 1.165) is 22.3 Å². The first-order valence-electron chi connectivity index (χ1n) is 12.5. The molecule has 188 valence electrons. The zero-order valence-electron chi connectivity index (χ0n) is 20.1. The summed E-state index contributed by atoms with van der Waals surface area (Å²) in [4.78, 5) is 0. The van der Waals surface area contributed by atoms with E-state index in [4.69, 9.17) is 11.6 Å². The lowest BCUT2D eigenvalue weighted by Gasteiger charge is -2.22. The fraction of sp³-hybridized carbons (Fsp3) is 0.400. The molecule has 1 aliphatic rings. The fourth-order valence-corrected chi connectivity index (χ4v) is 5.11. The Morgan fingerprint density at radius 3 is 1.71 bits per heavy atom. The van der Waals surface area contributed by atoms with Crippen LogP contribution in [0.5, 0.6) is 0 Å². The summed E-state index contributed by atoms with van der Waals surface area (Å²) in [5, 5.41) is 38.5. The summed E-state index contributed by atoms with van der Waals surface area (Å²) in [5.41, 5.74) is 4.54. The molecule has 0 radical (unpaired) electrons. The highest BCUT2D eigenvalue weighted by molar-refractivity contribution is 6.30. The standard InChI is InChI=1S/C30H37ClO4/c31-29-12-10-28(11-13-29)30(27-8-5-23(6-9-27)25(16-20-34)17-21-35)26-3-1-2-22(4-7-26)24(14-18-32)15-19-33/h1-13,22,24-25,30,32-35H,14-21H2. The van der Waals surface area contributed by atoms with Crippen molar-refractivity contribution in [3.63, 3.8) is 0 Å². The first-order chi connectivity index (χ1) is 17.1. The van der Waals surface area contributed by atoms with Crippen LogP contribution >= 0.6 is 11.6 Å². The predicted octanol–water partition coefficient (Wildman–Crippen LogP) is 5.37. The minimum Gasteiger partial charge on any atom is -0.396 e. The highest BCUT2D eigenvalue weighted by atomic mass is 35.5. The van der Waals surface area contributed by atoms with Gasteiger partial charge in [-0.15, -0.1) is 0 Å². The van der Waals surface area contributed by atoms with Gasteiger partial charge in [-0.25, -0.2) is 0 Å². The molecule has 0 aromatic heterocycles. The van der Waals surface area contributed by atoms with E-state index in [1.54, 1.807) is 0 Å². The molecule has 1 aliphatic carbocycles. The van der Waals surface area contributed by atoms with Gasteiger partial charge in [-0.1, -0.05) is 78.4 Å². The van der Waals surface area contributed by atoms with Crippen molar-refractivity contribution in [2.45, 2.75) is 37.5 Å². The van der Waals surface area contributed by atoms with Crippen molar-refractivity contribution < 1.29 is 20.4 Å². The van der Waals surface area contributed by atoms with E-state index in [-0.39, 0.29) is 50.1 Å². The summed E-state index contributed by atoms with van der Waals surface area (Å²) >= 11 is 6.18. The van der Waals surface area contributed by atoms with E-state index >= 15 is 0 Å². The van der Waals surface area contributed by atoms with Gasteiger partial charge in [-0.3, -0.25) is 0 Å². The molecule has 0 amide bonds. The first-order valence-corrected chi connectivity index (χ1v) is 12.8. The molecule has 2 aromatic rings. The highest BCUT2D eigenvalue weighted by Gasteiger charge is 2.22. The number of hydrogen-bond acceptors (Lipinski definition) is 4. The van der Waals surface area contributed by atoms with Gasteiger partial charge >= 0.3 is 0 Å². The Labute approximate surface area is 213 Å². The molecule has 0 spiro atoms. The Bertz CT molecular complexity index is 966. The van der Waals surface area contributed by atoms with Crippen LogP contribution in [0.4, 0.5) is 0 Å². The second-order valence-electron chi connectivity index (χ2n) is 9.15. The van der Waals surface area contributed by atoms with Gasteiger partial charge in [-0.05, 0) is 77.8 Å². The lowest BCUT2D eigenvalue weighted by Crippen LogP contribution is -2.14. The van der Waals surface area contributed by atoms with E-state index in [9.17, 15) is 20.4 Å². The van der Waals surface area contributed by atoms with Gasteiger partial charge in [0.1, 0.15) is 0 Å². The monoisotopic (exact) mass is 496 g/mol. The third-order valence-corrected chi connectivity index (χ3v) is 7.16. The van der Waals surface area contributed by atoms with Gasteiger partial charge in [-0.2, -0.15) is 0 Å². The van der Waals surface area contributed by atoms with Crippen molar-refractivity contribution in [2.75, 3.05) is 26.4 Å². The van der Waals surface area contributed by atoms with Crippen molar-refractivity contribution in [3.05, 3.63) is 106 Å². The second-order valence-corrected chi connectivity index (χ2v) is 9.58. The maximum Gasteiger partial charge on any atom is 0.0436 e. The quantitative estimate of drug-likeness (QED) is 0.300. The zero-order valence-corrected chi connectivity index (χ0v) is 20.9. The summed E-state index contributed by atoms with van der Waals surface area (Å²) in [7, 11) is 0. The lowest BCUT2D eigenvalue weighted by molar-refractivity contribution is 0.202. The summed E-state index contributed by atoms with van der Waals surface area (Å²) in [6.45, 7) is 0.407. The third-order valence-electron chi connectivity index (χ3n) is 6.91. The Hall–Kier alpha value is -2.21. The fourth-order valence-electron chi connectivity index (χ4n) is 4.99. The molecular formula is C30H37ClO4. The van der Waals surface area contributed by atoms with Crippen LogP contribution in [-0.4, -0.2) is 46.9 Å². The first kappa shape index (κ1) is 27.4. The van der Waals surface area contributed by atoms with E-state index in [2.05, 4.69) is 66.8 Å². The van der Waals surface area contributed by atoms with Crippen molar-refractivity contribution in [2.24, 2.45) is 11.8 Å². The van der Waals surface area contributed by atoms with Crippen LogP contribution in [-0.2, 0) is 0 Å². The third kappa shape index (κ3) is 7.63. The molecule has 2 atom stereocenters. The van der Waals surface area contributed by atoms with Crippen LogP contribution < -0.4 is 0 Å². The Kier molecular flexibility index (Phi) is 11.2. The molecule has 35 heavy (non-hydrogen) atoms. The summed E-state index contributed by atoms with van der Waals surface area (Å²) in [5.74, 6) is 0.468. The van der Waals surface area contributed by atoms with Gasteiger partial charge < -0.3 is 20.4 Å². The molecule has 0 saturated heterocycles. The predicted molar refractivity (Wildman–Crippen MR) is 143 cm³/mol. The van der Waals surface area contributed by atoms with E-state index in [0.29, 0.717) is 30.7 Å². The number of hydrogen-bond donors (Lipinski definition) is 4. The average molecular weight is 497 g/mol. The molecule has 0 saturated carbocycles. The van der Waals surface area contributed by atoms with E-state index in [1.165, 1.54) is 0 Å². The normalized spacial score (nSPS) is 16.5. The molecule has 4 N–H and O–H groups in total. The Morgan fingerprint density at radius 1 is 0.657 bits per heavy atom. The molecular weight excluding hydrogens is 460 g/mol. The Balaban J connectivity index is 1.94. The zero-order chi connectivity index (χ0) is 25.0. The SMILES string of the molecule is OCCC(CCO)c1ccc(C(C2=CC=CC(C(CCO)CCO)C=C2)c2ccc(Cl)cc2)cc1. The maximum atomic E-state index is 9.47. The number of allylic oxidation sites excluding steroid dienone is 6. The topological polar surface area (TPSA) is 80.9 Å². The van der Waals surface area contributed by atoms with E-state index < -0.39 is 0 Å². The minimum absolute atomic E-state index is 0.00392. The molecule has 0 fully saturated rings. The molecule has 4 nitrogen and oxygen atoms in total. The van der Waals surface area contributed by atoms with E-state index in [1.807, 2.05) is 12.1 Å². The average Bonchev–Trinajstić information content (AvgIpc) is 3.12. The number of rotatable bonds is 13. The lowest BCUT2D eigenvalue weighted by atomic mass is 9.82. The molecule has 5 heteroatoms. The largest absolute Gasteiger partial charge is 0.396 e. The molecule has 3 rings (SSSR count). The van der Waals surface area contributed by atoms with Crippen molar-refractivity contribution in [1.82, 2.24) is 0 Å². The van der Waals surface area contributed by atoms with Crippen LogP contribution in [0.15, 0.2) is 84.5 Å². The van der Waals surface area contributed by atoms with Crippen LogP contribution in [0.3, 0.4) is 0 Å². The van der Waals surface area contributed by atoms with Crippen LogP contribution in [0.1, 0.15) is 54.2 Å². The highest BCUT2D eigenvalue weighted by Crippen LogP contribution is 2.36. The van der Waals surface area contributed by atoms with Crippen molar-refractivity contribution in [1.29, 1.82) is 0 Å². The van der Waals surface area contributed by atoms with Crippen molar-refractivity contribution >= 4 is 11.6 Å². The minimum atomic E-state index is 0.00392.